The predicted octanol–water partition coefficient (Wildman–Crippen LogP) is 2.80. The number of ether oxygens (including phenoxy) is 1. The minimum atomic E-state index is -0.827. The van der Waals surface area contributed by atoms with Gasteiger partial charge in [-0.2, -0.15) is 0 Å². The molecule has 3 aromatic carbocycles. The van der Waals surface area contributed by atoms with Gasteiger partial charge in [0.2, 0.25) is 0 Å². The van der Waals surface area contributed by atoms with Crippen LogP contribution >= 0.6 is 0 Å². The Morgan fingerprint density at radius 1 is 0.871 bits per heavy atom. The van der Waals surface area contributed by atoms with E-state index in [1.807, 2.05) is 56.3 Å². The summed E-state index contributed by atoms with van der Waals surface area (Å²) in [5.74, 6) is -0.874. The maximum Gasteiger partial charge on any atom is 0.279 e. The van der Waals surface area contributed by atoms with Crippen LogP contribution in [0.15, 0.2) is 60.7 Å². The lowest BCUT2D eigenvalue weighted by atomic mass is 10.1. The van der Waals surface area contributed by atoms with E-state index in [0.29, 0.717) is 11.3 Å². The number of carbonyl (C=O) groups excluding carboxylic acids is 3. The molecule has 0 fully saturated rings. The molecule has 0 aliphatic heterocycles. The fraction of sp³-hybridized carbons (Fsp3) is 0.208. The van der Waals surface area contributed by atoms with E-state index in [-0.39, 0.29) is 12.5 Å². The summed E-state index contributed by atoms with van der Waals surface area (Å²) in [4.78, 5) is 36.4. The second kappa shape index (κ2) is 9.75. The highest BCUT2D eigenvalue weighted by Crippen LogP contribution is 2.21. The highest BCUT2D eigenvalue weighted by Gasteiger charge is 2.16. The monoisotopic (exact) mass is 419 g/mol. The van der Waals surface area contributed by atoms with Crippen LogP contribution in [0.3, 0.4) is 0 Å². The van der Waals surface area contributed by atoms with Crippen LogP contribution in [0.25, 0.3) is 10.8 Å². The summed E-state index contributed by atoms with van der Waals surface area (Å²) in [6, 6.07) is 18.8. The molecule has 0 aliphatic rings. The average Bonchev–Trinajstić information content (AvgIpc) is 2.74. The van der Waals surface area contributed by atoms with Crippen LogP contribution < -0.4 is 20.9 Å². The zero-order chi connectivity index (χ0) is 22.4. The van der Waals surface area contributed by atoms with Gasteiger partial charge in [0.1, 0.15) is 5.75 Å². The Labute approximate surface area is 180 Å². The third-order valence-electron chi connectivity index (χ3n) is 4.62. The quantitative estimate of drug-likeness (QED) is 0.536. The van der Waals surface area contributed by atoms with Gasteiger partial charge in [-0.25, -0.2) is 0 Å². The van der Waals surface area contributed by atoms with Crippen LogP contribution in [0.4, 0.5) is 0 Å². The Kier molecular flexibility index (Phi) is 6.87. The molecule has 0 radical (unpaired) electrons. The van der Waals surface area contributed by atoms with E-state index >= 15 is 0 Å². The molecule has 0 heterocycles. The standard InChI is InChI=1S/C24H25N3O4/c1-15-10-16(2)12-20(11-15)24(30)25-14-22(28)26-27-23(29)17(3)31-21-9-8-18-6-4-5-7-19(18)13-21/h4-13,17H,14H2,1-3H3,(H,25,30)(H,26,28)(H,27,29). The number of aryl methyl sites for hydroxylation is 2. The number of benzene rings is 3. The van der Waals surface area contributed by atoms with Crippen molar-refractivity contribution in [2.45, 2.75) is 26.9 Å². The SMILES string of the molecule is Cc1cc(C)cc(C(=O)NCC(=O)NNC(=O)C(C)Oc2ccc3ccccc3c2)c1. The second-order valence-corrected chi connectivity index (χ2v) is 7.37. The number of carbonyl (C=O) groups is 3. The number of hydrogen-bond donors (Lipinski definition) is 3. The first-order chi connectivity index (χ1) is 14.8. The molecule has 0 saturated heterocycles. The van der Waals surface area contributed by atoms with E-state index in [0.717, 1.165) is 21.9 Å². The molecule has 0 aromatic heterocycles. The van der Waals surface area contributed by atoms with E-state index in [9.17, 15) is 14.4 Å². The maximum absolute atomic E-state index is 12.2. The van der Waals surface area contributed by atoms with E-state index < -0.39 is 17.9 Å². The van der Waals surface area contributed by atoms with Crippen molar-refractivity contribution in [2.75, 3.05) is 6.54 Å². The number of amides is 3. The normalized spacial score (nSPS) is 11.5. The second-order valence-electron chi connectivity index (χ2n) is 7.37. The van der Waals surface area contributed by atoms with Gasteiger partial charge in [0, 0.05) is 5.56 Å². The molecule has 1 atom stereocenters. The van der Waals surface area contributed by atoms with Crippen molar-refractivity contribution in [3.63, 3.8) is 0 Å². The molecule has 0 saturated carbocycles. The summed E-state index contributed by atoms with van der Waals surface area (Å²) < 4.78 is 5.66. The van der Waals surface area contributed by atoms with Gasteiger partial charge in [-0.1, -0.05) is 47.5 Å². The Morgan fingerprint density at radius 2 is 1.55 bits per heavy atom. The zero-order valence-corrected chi connectivity index (χ0v) is 17.7. The highest BCUT2D eigenvalue weighted by molar-refractivity contribution is 5.97. The van der Waals surface area contributed by atoms with Gasteiger partial charge in [0.15, 0.2) is 6.10 Å². The van der Waals surface area contributed by atoms with Gasteiger partial charge in [-0.3, -0.25) is 25.2 Å². The summed E-state index contributed by atoms with van der Waals surface area (Å²) in [6.45, 7) is 5.10. The Morgan fingerprint density at radius 3 is 2.26 bits per heavy atom. The smallest absolute Gasteiger partial charge is 0.279 e. The van der Waals surface area contributed by atoms with Crippen molar-refractivity contribution in [1.82, 2.24) is 16.2 Å². The minimum Gasteiger partial charge on any atom is -0.481 e. The van der Waals surface area contributed by atoms with Gasteiger partial charge in [-0.05, 0) is 55.8 Å². The van der Waals surface area contributed by atoms with Crippen LogP contribution in [0.5, 0.6) is 5.75 Å². The van der Waals surface area contributed by atoms with Crippen molar-refractivity contribution < 1.29 is 19.1 Å². The molecule has 160 valence electrons. The van der Waals surface area contributed by atoms with Crippen molar-refractivity contribution in [2.24, 2.45) is 0 Å². The lowest BCUT2D eigenvalue weighted by molar-refractivity contribution is -0.132. The Hall–Kier alpha value is -3.87. The minimum absolute atomic E-state index is 0.272. The molecule has 0 bridgehead atoms. The average molecular weight is 419 g/mol. The van der Waals surface area contributed by atoms with Crippen molar-refractivity contribution >= 4 is 28.5 Å². The molecule has 3 amide bonds. The van der Waals surface area contributed by atoms with Crippen molar-refractivity contribution in [3.8, 4) is 5.75 Å². The van der Waals surface area contributed by atoms with Gasteiger partial charge in [0.05, 0.1) is 6.54 Å². The zero-order valence-electron chi connectivity index (χ0n) is 17.7. The number of fused-ring (bicyclic) bond motifs is 1. The lowest BCUT2D eigenvalue weighted by Gasteiger charge is -2.15. The predicted molar refractivity (Wildman–Crippen MR) is 119 cm³/mol. The maximum atomic E-state index is 12.2. The summed E-state index contributed by atoms with van der Waals surface area (Å²) >= 11 is 0. The van der Waals surface area contributed by atoms with Gasteiger partial charge in [-0.15, -0.1) is 0 Å². The largest absolute Gasteiger partial charge is 0.481 e. The molecule has 7 nitrogen and oxygen atoms in total. The molecular weight excluding hydrogens is 394 g/mol. The summed E-state index contributed by atoms with van der Waals surface area (Å²) in [5, 5.41) is 4.60. The fourth-order valence-corrected chi connectivity index (χ4v) is 3.14. The number of hydrazine groups is 1. The molecule has 0 aliphatic carbocycles. The Bertz CT molecular complexity index is 1110. The summed E-state index contributed by atoms with van der Waals surface area (Å²) in [5.41, 5.74) is 6.98. The van der Waals surface area contributed by atoms with Gasteiger partial charge >= 0.3 is 0 Å². The third-order valence-corrected chi connectivity index (χ3v) is 4.62. The molecule has 1 unspecified atom stereocenters. The van der Waals surface area contributed by atoms with Crippen molar-refractivity contribution in [3.05, 3.63) is 77.4 Å². The summed E-state index contributed by atoms with van der Waals surface area (Å²) in [6.07, 6.45) is -0.827. The first kappa shape index (κ1) is 21.8. The lowest BCUT2D eigenvalue weighted by Crippen LogP contribution is -2.50. The molecule has 3 aromatic rings. The first-order valence-electron chi connectivity index (χ1n) is 9.92. The van der Waals surface area contributed by atoms with E-state index in [4.69, 9.17) is 4.74 Å². The third kappa shape index (κ3) is 6.05. The van der Waals surface area contributed by atoms with Gasteiger partial charge < -0.3 is 10.1 Å². The summed E-state index contributed by atoms with van der Waals surface area (Å²) in [7, 11) is 0. The van der Waals surface area contributed by atoms with Crippen LogP contribution in [0.2, 0.25) is 0 Å². The van der Waals surface area contributed by atoms with Crippen LogP contribution in [0, 0.1) is 13.8 Å². The molecule has 3 N–H and O–H groups in total. The molecule has 0 spiro atoms. The molecular formula is C24H25N3O4. The number of nitrogens with one attached hydrogen (secondary N) is 3. The number of rotatable bonds is 6. The van der Waals surface area contributed by atoms with Gasteiger partial charge in [0.25, 0.3) is 17.7 Å². The number of hydrogen-bond acceptors (Lipinski definition) is 4. The van der Waals surface area contributed by atoms with Crippen molar-refractivity contribution in [1.29, 1.82) is 0 Å². The van der Waals surface area contributed by atoms with E-state index in [1.54, 1.807) is 25.1 Å². The highest BCUT2D eigenvalue weighted by atomic mass is 16.5. The fourth-order valence-electron chi connectivity index (χ4n) is 3.14. The van der Waals surface area contributed by atoms with E-state index in [2.05, 4.69) is 16.2 Å². The molecule has 31 heavy (non-hydrogen) atoms. The van der Waals surface area contributed by atoms with Crippen LogP contribution in [0.1, 0.15) is 28.4 Å². The topological polar surface area (TPSA) is 96.5 Å². The van der Waals surface area contributed by atoms with E-state index in [1.165, 1.54) is 0 Å². The molecule has 3 rings (SSSR count). The van der Waals surface area contributed by atoms with Crippen LogP contribution in [-0.4, -0.2) is 30.4 Å². The molecule has 7 heteroatoms. The Balaban J connectivity index is 1.45. The van der Waals surface area contributed by atoms with Crippen LogP contribution in [-0.2, 0) is 9.59 Å². The first-order valence-corrected chi connectivity index (χ1v) is 9.92.